The Labute approximate surface area is 148 Å². The third-order valence-corrected chi connectivity index (χ3v) is 4.21. The summed E-state index contributed by atoms with van der Waals surface area (Å²) in [5.41, 5.74) is 0.567. The molecule has 0 aliphatic heterocycles. The topological polar surface area (TPSA) is 73.1 Å². The van der Waals surface area contributed by atoms with Gasteiger partial charge in [-0.05, 0) is 29.8 Å². The van der Waals surface area contributed by atoms with E-state index in [9.17, 15) is 18.8 Å². The fourth-order valence-electron chi connectivity index (χ4n) is 2.83. The first-order valence-corrected chi connectivity index (χ1v) is 8.17. The Hall–Kier alpha value is -3.22. The monoisotopic (exact) mass is 355 g/mol. The molecule has 3 aromatic rings. The van der Waals surface area contributed by atoms with Crippen LogP contribution in [-0.4, -0.2) is 15.0 Å². The molecule has 0 spiro atoms. The summed E-state index contributed by atoms with van der Waals surface area (Å²) in [6, 6.07) is 13.0. The number of hydrogen-bond acceptors (Lipinski definition) is 3. The highest BCUT2D eigenvalue weighted by atomic mass is 19.1. The maximum atomic E-state index is 13.1. The first kappa shape index (κ1) is 17.6. The number of halogens is 1. The van der Waals surface area contributed by atoms with Crippen LogP contribution in [0.15, 0.2) is 58.1 Å². The zero-order chi connectivity index (χ0) is 18.7. The van der Waals surface area contributed by atoms with E-state index in [1.54, 1.807) is 43.4 Å². The van der Waals surface area contributed by atoms with Crippen molar-refractivity contribution in [3.63, 3.8) is 0 Å². The van der Waals surface area contributed by atoms with Crippen LogP contribution in [0.5, 0.6) is 0 Å². The van der Waals surface area contributed by atoms with Gasteiger partial charge in [0.05, 0.1) is 11.0 Å². The Morgan fingerprint density at radius 1 is 1.04 bits per heavy atom. The van der Waals surface area contributed by atoms with Crippen molar-refractivity contribution in [2.24, 2.45) is 7.05 Å². The molecule has 7 heteroatoms. The van der Waals surface area contributed by atoms with Gasteiger partial charge in [-0.2, -0.15) is 0 Å². The number of rotatable bonds is 5. The van der Waals surface area contributed by atoms with E-state index in [0.29, 0.717) is 16.6 Å². The molecule has 0 fully saturated rings. The quantitative estimate of drug-likeness (QED) is 0.706. The Morgan fingerprint density at radius 2 is 1.77 bits per heavy atom. The van der Waals surface area contributed by atoms with Gasteiger partial charge in [-0.3, -0.25) is 14.4 Å². The maximum Gasteiger partial charge on any atom is 0.316 e. The molecule has 0 atom stereocenters. The molecule has 1 heterocycles. The molecule has 0 saturated heterocycles. The summed E-state index contributed by atoms with van der Waals surface area (Å²) in [6.45, 7) is 0.285. The van der Waals surface area contributed by atoms with E-state index < -0.39 is 11.1 Å². The van der Waals surface area contributed by atoms with E-state index >= 15 is 0 Å². The van der Waals surface area contributed by atoms with E-state index in [-0.39, 0.29) is 31.2 Å². The average Bonchev–Trinajstić information content (AvgIpc) is 2.64. The van der Waals surface area contributed by atoms with Crippen LogP contribution in [-0.2, 0) is 24.9 Å². The van der Waals surface area contributed by atoms with Gasteiger partial charge in [0.1, 0.15) is 5.82 Å². The molecular formula is C19H18FN3O3. The first-order chi connectivity index (χ1) is 12.5. The molecule has 1 N–H and O–H groups in total. The van der Waals surface area contributed by atoms with Crippen molar-refractivity contribution in [3.05, 3.63) is 80.6 Å². The van der Waals surface area contributed by atoms with Gasteiger partial charge < -0.3 is 14.5 Å². The molecule has 2 aromatic carbocycles. The Balaban J connectivity index is 1.74. The van der Waals surface area contributed by atoms with Gasteiger partial charge in [0, 0.05) is 26.6 Å². The molecule has 6 nitrogen and oxygen atoms in total. The Morgan fingerprint density at radius 3 is 2.50 bits per heavy atom. The Kier molecular flexibility index (Phi) is 4.97. The molecule has 0 radical (unpaired) electrons. The number of para-hydroxylation sites is 2. The summed E-state index contributed by atoms with van der Waals surface area (Å²) in [4.78, 5) is 36.4. The number of fused-ring (bicyclic) bond motifs is 1. The minimum Gasteiger partial charge on any atom is -0.352 e. The molecule has 0 aliphatic carbocycles. The molecule has 134 valence electrons. The van der Waals surface area contributed by atoms with E-state index in [2.05, 4.69) is 5.32 Å². The lowest BCUT2D eigenvalue weighted by Crippen LogP contribution is -2.41. The summed E-state index contributed by atoms with van der Waals surface area (Å²) in [5, 5.41) is 2.69. The third-order valence-electron chi connectivity index (χ3n) is 4.21. The van der Waals surface area contributed by atoms with Crippen molar-refractivity contribution in [2.75, 3.05) is 0 Å². The van der Waals surface area contributed by atoms with Gasteiger partial charge in [-0.1, -0.05) is 24.3 Å². The summed E-state index contributed by atoms with van der Waals surface area (Å²) < 4.78 is 15.8. The van der Waals surface area contributed by atoms with Crippen molar-refractivity contribution < 1.29 is 9.18 Å². The fraction of sp³-hybridized carbons (Fsp3) is 0.211. The fourth-order valence-corrected chi connectivity index (χ4v) is 2.83. The summed E-state index contributed by atoms with van der Waals surface area (Å²) in [6.07, 6.45) is 0.0341. The van der Waals surface area contributed by atoms with Crippen molar-refractivity contribution in [3.8, 4) is 0 Å². The van der Waals surface area contributed by atoms with Gasteiger partial charge in [-0.15, -0.1) is 0 Å². The molecule has 3 rings (SSSR count). The second-order valence-corrected chi connectivity index (χ2v) is 5.97. The SMILES string of the molecule is Cn1c(=O)c(=O)n(CCC(=O)NCc2cccc(F)c2)c2ccccc21. The number of nitrogens with zero attached hydrogens (tertiary/aromatic N) is 2. The van der Waals surface area contributed by atoms with E-state index in [0.717, 1.165) is 0 Å². The van der Waals surface area contributed by atoms with E-state index in [1.165, 1.54) is 21.3 Å². The van der Waals surface area contributed by atoms with Crippen LogP contribution in [0.1, 0.15) is 12.0 Å². The maximum absolute atomic E-state index is 13.1. The molecule has 0 saturated carbocycles. The van der Waals surface area contributed by atoms with Crippen molar-refractivity contribution in [1.82, 2.24) is 14.5 Å². The Bertz CT molecular complexity index is 1090. The van der Waals surface area contributed by atoms with Crippen LogP contribution in [0.25, 0.3) is 11.0 Å². The van der Waals surface area contributed by atoms with Crippen molar-refractivity contribution in [2.45, 2.75) is 19.5 Å². The smallest absolute Gasteiger partial charge is 0.316 e. The predicted molar refractivity (Wildman–Crippen MR) is 96.3 cm³/mol. The number of amides is 1. The van der Waals surface area contributed by atoms with Crippen LogP contribution in [0, 0.1) is 5.82 Å². The van der Waals surface area contributed by atoms with Gasteiger partial charge in [-0.25, -0.2) is 4.39 Å². The molecule has 0 unspecified atom stereocenters. The highest BCUT2D eigenvalue weighted by Gasteiger charge is 2.11. The number of carbonyl (C=O) groups is 1. The minimum absolute atomic E-state index is 0.0341. The van der Waals surface area contributed by atoms with E-state index in [1.807, 2.05) is 0 Å². The van der Waals surface area contributed by atoms with Crippen molar-refractivity contribution in [1.29, 1.82) is 0 Å². The molecule has 26 heavy (non-hydrogen) atoms. The first-order valence-electron chi connectivity index (χ1n) is 8.17. The van der Waals surface area contributed by atoms with Crippen LogP contribution >= 0.6 is 0 Å². The number of nitrogens with one attached hydrogen (secondary N) is 1. The molecule has 0 aliphatic rings. The lowest BCUT2D eigenvalue weighted by Gasteiger charge is -2.12. The molecule has 1 amide bonds. The van der Waals surface area contributed by atoms with Gasteiger partial charge in [0.2, 0.25) is 5.91 Å². The molecular weight excluding hydrogens is 337 g/mol. The lowest BCUT2D eigenvalue weighted by molar-refractivity contribution is -0.121. The van der Waals surface area contributed by atoms with Crippen LogP contribution in [0.2, 0.25) is 0 Å². The normalized spacial score (nSPS) is 10.8. The van der Waals surface area contributed by atoms with Crippen LogP contribution < -0.4 is 16.4 Å². The molecule has 1 aromatic heterocycles. The zero-order valence-corrected chi connectivity index (χ0v) is 14.2. The highest BCUT2D eigenvalue weighted by Crippen LogP contribution is 2.09. The van der Waals surface area contributed by atoms with Gasteiger partial charge >= 0.3 is 11.1 Å². The largest absolute Gasteiger partial charge is 0.352 e. The predicted octanol–water partition coefficient (Wildman–Crippen LogP) is 1.55. The van der Waals surface area contributed by atoms with E-state index in [4.69, 9.17) is 0 Å². The summed E-state index contributed by atoms with van der Waals surface area (Å²) in [5.74, 6) is -0.652. The standard InChI is InChI=1S/C19H18FN3O3/c1-22-15-7-2-3-8-16(15)23(19(26)18(22)25)10-9-17(24)21-12-13-5-4-6-14(20)11-13/h2-8,11H,9-10,12H2,1H3,(H,21,24). The van der Waals surface area contributed by atoms with Gasteiger partial charge in [0.15, 0.2) is 0 Å². The highest BCUT2D eigenvalue weighted by molar-refractivity contribution is 5.77. The number of aromatic nitrogens is 2. The number of hydrogen-bond donors (Lipinski definition) is 1. The number of aryl methyl sites for hydroxylation is 2. The lowest BCUT2D eigenvalue weighted by atomic mass is 10.2. The summed E-state index contributed by atoms with van der Waals surface area (Å²) in [7, 11) is 1.54. The number of carbonyl (C=O) groups excluding carboxylic acids is 1. The minimum atomic E-state index is -0.663. The van der Waals surface area contributed by atoms with Crippen LogP contribution in [0.3, 0.4) is 0 Å². The second kappa shape index (κ2) is 7.35. The second-order valence-electron chi connectivity index (χ2n) is 5.97. The zero-order valence-electron chi connectivity index (χ0n) is 14.2. The van der Waals surface area contributed by atoms with Crippen LogP contribution in [0.4, 0.5) is 4.39 Å². The average molecular weight is 355 g/mol. The van der Waals surface area contributed by atoms with Crippen molar-refractivity contribution >= 4 is 16.9 Å². The molecule has 0 bridgehead atoms. The third kappa shape index (κ3) is 3.56. The summed E-state index contributed by atoms with van der Waals surface area (Å²) >= 11 is 0. The van der Waals surface area contributed by atoms with Gasteiger partial charge in [0.25, 0.3) is 0 Å². The number of benzene rings is 2.